The number of nitrogens with zero attached hydrogens (tertiary/aromatic N) is 3. The van der Waals surface area contributed by atoms with Crippen molar-refractivity contribution in [1.29, 1.82) is 0 Å². The molecule has 1 aliphatic heterocycles. The van der Waals surface area contributed by atoms with Crippen LogP contribution in [0.1, 0.15) is 31.6 Å². The lowest BCUT2D eigenvalue weighted by atomic mass is 10.2. The van der Waals surface area contributed by atoms with Gasteiger partial charge in [0.1, 0.15) is 5.82 Å². The van der Waals surface area contributed by atoms with Gasteiger partial charge < -0.3 is 15.3 Å². The minimum Gasteiger partial charge on any atom is -0.465 e. The summed E-state index contributed by atoms with van der Waals surface area (Å²) in [6, 6.07) is 4.50. The summed E-state index contributed by atoms with van der Waals surface area (Å²) in [6.07, 6.45) is 1.18. The summed E-state index contributed by atoms with van der Waals surface area (Å²) in [5.41, 5.74) is 0.243. The molecule has 0 radical (unpaired) electrons. The van der Waals surface area contributed by atoms with Crippen molar-refractivity contribution in [2.75, 3.05) is 19.6 Å². The topological polar surface area (TPSA) is 87.5 Å². The van der Waals surface area contributed by atoms with E-state index < -0.39 is 12.1 Å². The van der Waals surface area contributed by atoms with Gasteiger partial charge in [0, 0.05) is 13.1 Å². The zero-order chi connectivity index (χ0) is 18.0. The van der Waals surface area contributed by atoms with Crippen molar-refractivity contribution in [2.45, 2.75) is 32.4 Å². The number of halogens is 1. The van der Waals surface area contributed by atoms with Crippen LogP contribution in [0.25, 0.3) is 10.9 Å². The summed E-state index contributed by atoms with van der Waals surface area (Å²) in [5, 5.41) is 12.1. The highest BCUT2D eigenvalue weighted by Crippen LogP contribution is 2.21. The summed E-state index contributed by atoms with van der Waals surface area (Å²) in [6.45, 7) is 4.90. The van der Waals surface area contributed by atoms with Crippen molar-refractivity contribution in [3.05, 3.63) is 39.4 Å². The van der Waals surface area contributed by atoms with Crippen molar-refractivity contribution in [3.8, 4) is 0 Å². The lowest BCUT2D eigenvalue weighted by Crippen LogP contribution is -2.36. The van der Waals surface area contributed by atoms with Crippen LogP contribution >= 0.6 is 11.6 Å². The van der Waals surface area contributed by atoms with Gasteiger partial charge in [0.05, 0.1) is 22.0 Å². The van der Waals surface area contributed by atoms with Crippen LogP contribution in [0, 0.1) is 0 Å². The summed E-state index contributed by atoms with van der Waals surface area (Å²) < 4.78 is 1.55. The Balaban J connectivity index is 2.05. The molecule has 8 heteroatoms. The van der Waals surface area contributed by atoms with Crippen LogP contribution in [-0.4, -0.2) is 45.3 Å². The molecule has 1 atom stereocenters. The van der Waals surface area contributed by atoms with Crippen molar-refractivity contribution in [3.63, 3.8) is 0 Å². The van der Waals surface area contributed by atoms with Crippen LogP contribution in [0.3, 0.4) is 0 Å². The van der Waals surface area contributed by atoms with Gasteiger partial charge in [-0.2, -0.15) is 0 Å². The average molecular weight is 365 g/mol. The van der Waals surface area contributed by atoms with E-state index >= 15 is 0 Å². The summed E-state index contributed by atoms with van der Waals surface area (Å²) in [7, 11) is 0. The second-order valence-electron chi connectivity index (χ2n) is 6.28. The molecule has 1 aromatic carbocycles. The van der Waals surface area contributed by atoms with Crippen LogP contribution in [-0.2, 0) is 6.54 Å². The van der Waals surface area contributed by atoms with Crippen molar-refractivity contribution in [2.24, 2.45) is 0 Å². The molecule has 7 nitrogen and oxygen atoms in total. The fourth-order valence-electron chi connectivity index (χ4n) is 3.28. The number of rotatable bonds is 5. The first-order valence-corrected chi connectivity index (χ1v) is 8.76. The van der Waals surface area contributed by atoms with Gasteiger partial charge in [-0.1, -0.05) is 17.7 Å². The Labute approximate surface area is 150 Å². The molecule has 2 N–H and O–H groups in total. The Hall–Kier alpha value is -2.12. The fourth-order valence-corrected chi connectivity index (χ4v) is 3.53. The highest BCUT2D eigenvalue weighted by atomic mass is 35.5. The first-order valence-electron chi connectivity index (χ1n) is 8.38. The predicted octanol–water partition coefficient (Wildman–Crippen LogP) is 2.47. The van der Waals surface area contributed by atoms with Gasteiger partial charge in [0.2, 0.25) is 0 Å². The maximum Gasteiger partial charge on any atom is 0.405 e. The monoisotopic (exact) mass is 364 g/mol. The van der Waals surface area contributed by atoms with E-state index in [1.807, 2.05) is 0 Å². The molecule has 1 amide bonds. The first kappa shape index (κ1) is 17.7. The molecule has 0 aliphatic carbocycles. The fraction of sp³-hybridized carbons (Fsp3) is 0.471. The van der Waals surface area contributed by atoms with Crippen LogP contribution < -0.4 is 10.9 Å². The van der Waals surface area contributed by atoms with Gasteiger partial charge >= 0.3 is 6.09 Å². The minimum absolute atomic E-state index is 0.233. The molecule has 1 fully saturated rings. The van der Waals surface area contributed by atoms with E-state index in [-0.39, 0.29) is 5.56 Å². The van der Waals surface area contributed by atoms with Crippen molar-refractivity contribution < 1.29 is 9.90 Å². The normalized spacial score (nSPS) is 16.2. The van der Waals surface area contributed by atoms with Gasteiger partial charge in [-0.3, -0.25) is 9.36 Å². The Morgan fingerprint density at radius 3 is 2.76 bits per heavy atom. The molecule has 134 valence electrons. The predicted molar refractivity (Wildman–Crippen MR) is 96.3 cm³/mol. The molecule has 1 saturated heterocycles. The maximum atomic E-state index is 13.0. The van der Waals surface area contributed by atoms with Gasteiger partial charge in [-0.05, 0) is 45.0 Å². The molecule has 3 rings (SSSR count). The molecule has 1 aliphatic rings. The van der Waals surface area contributed by atoms with Crippen molar-refractivity contribution >= 4 is 28.6 Å². The molecular formula is C17H21ClN4O3. The van der Waals surface area contributed by atoms with Crippen LogP contribution in [0.4, 0.5) is 4.79 Å². The van der Waals surface area contributed by atoms with Crippen molar-refractivity contribution in [1.82, 2.24) is 19.8 Å². The number of aromatic nitrogens is 2. The largest absolute Gasteiger partial charge is 0.465 e. The number of carbonyl (C=O) groups is 1. The van der Waals surface area contributed by atoms with E-state index in [0.717, 1.165) is 19.6 Å². The number of hydrogen-bond donors (Lipinski definition) is 2. The average Bonchev–Trinajstić information content (AvgIpc) is 3.06. The number of likely N-dealkylation sites (tertiary alicyclic amines) is 1. The van der Waals surface area contributed by atoms with E-state index in [2.05, 4.69) is 15.2 Å². The Kier molecular flexibility index (Phi) is 5.24. The third-order valence-corrected chi connectivity index (χ3v) is 4.84. The standard InChI is InChI=1S/C17H21ClN4O3/c1-11(19-17(24)25)15-20-13-6-4-5-12(18)14(13)16(23)22(15)10-9-21-7-2-3-8-21/h4-6,11,19H,2-3,7-10H2,1H3,(H,24,25). The third-order valence-electron chi connectivity index (χ3n) is 4.53. The number of fused-ring (bicyclic) bond motifs is 1. The zero-order valence-corrected chi connectivity index (χ0v) is 14.8. The van der Waals surface area contributed by atoms with E-state index in [4.69, 9.17) is 16.7 Å². The Bertz CT molecular complexity index is 846. The minimum atomic E-state index is -1.15. The van der Waals surface area contributed by atoms with Crippen LogP contribution in [0.5, 0.6) is 0 Å². The molecule has 1 unspecified atom stereocenters. The highest BCUT2D eigenvalue weighted by molar-refractivity contribution is 6.35. The Morgan fingerprint density at radius 2 is 2.08 bits per heavy atom. The van der Waals surface area contributed by atoms with Gasteiger partial charge in [0.15, 0.2) is 0 Å². The maximum absolute atomic E-state index is 13.0. The Morgan fingerprint density at radius 1 is 1.36 bits per heavy atom. The quantitative estimate of drug-likeness (QED) is 0.851. The molecule has 0 saturated carbocycles. The van der Waals surface area contributed by atoms with Gasteiger partial charge in [-0.25, -0.2) is 9.78 Å². The second kappa shape index (κ2) is 7.41. The number of nitrogens with one attached hydrogen (secondary N) is 1. The lowest BCUT2D eigenvalue weighted by molar-refractivity contribution is 0.190. The third kappa shape index (κ3) is 3.77. The number of amides is 1. The smallest absolute Gasteiger partial charge is 0.405 e. The molecule has 0 spiro atoms. The molecule has 2 aromatic rings. The molecule has 25 heavy (non-hydrogen) atoms. The van der Waals surface area contributed by atoms with E-state index in [1.165, 1.54) is 12.8 Å². The van der Waals surface area contributed by atoms with E-state index in [9.17, 15) is 9.59 Å². The molecule has 0 bridgehead atoms. The number of benzene rings is 1. The lowest BCUT2D eigenvalue weighted by Gasteiger charge is -2.21. The SMILES string of the molecule is CC(NC(=O)O)c1nc2cccc(Cl)c2c(=O)n1CCN1CCCC1. The van der Waals surface area contributed by atoms with Gasteiger partial charge in [0.25, 0.3) is 5.56 Å². The highest BCUT2D eigenvalue weighted by Gasteiger charge is 2.20. The van der Waals surface area contributed by atoms with Crippen LogP contribution in [0.2, 0.25) is 5.02 Å². The molecule has 2 heterocycles. The van der Waals surface area contributed by atoms with E-state index in [0.29, 0.717) is 28.3 Å². The van der Waals surface area contributed by atoms with E-state index in [1.54, 1.807) is 29.7 Å². The summed E-state index contributed by atoms with van der Waals surface area (Å²) in [4.78, 5) is 30.8. The molecular weight excluding hydrogens is 344 g/mol. The zero-order valence-electron chi connectivity index (χ0n) is 14.0. The molecule has 1 aromatic heterocycles. The number of carboxylic acid groups (broad SMARTS) is 1. The summed E-state index contributed by atoms with van der Waals surface area (Å²) in [5.74, 6) is 0.404. The van der Waals surface area contributed by atoms with Crippen LogP contribution in [0.15, 0.2) is 23.0 Å². The first-order chi connectivity index (χ1) is 12.0. The second-order valence-corrected chi connectivity index (χ2v) is 6.69. The van der Waals surface area contributed by atoms with Gasteiger partial charge in [-0.15, -0.1) is 0 Å². The number of hydrogen-bond acceptors (Lipinski definition) is 4. The summed E-state index contributed by atoms with van der Waals surface area (Å²) >= 11 is 6.20.